The van der Waals surface area contributed by atoms with Crippen molar-refractivity contribution >= 4 is 35.3 Å². The van der Waals surface area contributed by atoms with Crippen LogP contribution in [0.4, 0.5) is 0 Å². The Labute approximate surface area is 255 Å². The first kappa shape index (κ1) is 30.5. The van der Waals surface area contributed by atoms with Gasteiger partial charge in [0, 0.05) is 30.1 Å². The molecule has 5 atom stereocenters. The first-order valence-electron chi connectivity index (χ1n) is 14.5. The summed E-state index contributed by atoms with van der Waals surface area (Å²) in [6, 6.07) is 15.3. The standard InChI is InChI=1S/C32H37N5O5S/c1-21(33)28(39)35-27(22(2)41-18-23-8-4-3-5-9-23)31(40)37-14-7-12-26(37)29-36-32(19-38,20-42-29)17-24-10-6-11-25(16-24)30-34-13-15-43-30/h3-6,8-11,13,15-16,19,21-22,26-27H,7,12,14,17-18,20,33H2,1-2H3,(H,35,39)/t21?,22?,26?,27?,32-/m0/s1. The second kappa shape index (κ2) is 13.6. The van der Waals surface area contributed by atoms with Gasteiger partial charge in [0.15, 0.2) is 11.8 Å². The maximum Gasteiger partial charge on any atom is 0.248 e. The number of nitrogens with two attached hydrogens (primary N) is 1. The van der Waals surface area contributed by atoms with E-state index >= 15 is 0 Å². The van der Waals surface area contributed by atoms with Crippen molar-refractivity contribution in [2.75, 3.05) is 13.2 Å². The highest BCUT2D eigenvalue weighted by Crippen LogP contribution is 2.30. The number of aliphatic imine (C=N–C) groups is 1. The van der Waals surface area contributed by atoms with E-state index in [0.29, 0.717) is 25.3 Å². The van der Waals surface area contributed by atoms with Crippen molar-refractivity contribution in [1.82, 2.24) is 15.2 Å². The third-order valence-corrected chi connectivity index (χ3v) is 8.58. The molecule has 3 aromatic rings. The van der Waals surface area contributed by atoms with E-state index in [1.807, 2.05) is 60.0 Å². The molecule has 3 heterocycles. The predicted molar refractivity (Wildman–Crippen MR) is 164 cm³/mol. The molecule has 10 nitrogen and oxygen atoms in total. The molecule has 1 saturated heterocycles. The number of nitrogens with zero attached hydrogens (tertiary/aromatic N) is 3. The summed E-state index contributed by atoms with van der Waals surface area (Å²) in [6.07, 6.45) is 3.68. The van der Waals surface area contributed by atoms with Gasteiger partial charge < -0.3 is 30.2 Å². The Bertz CT molecular complexity index is 1450. The third-order valence-electron chi connectivity index (χ3n) is 7.76. The van der Waals surface area contributed by atoms with E-state index in [4.69, 9.17) is 20.2 Å². The molecule has 5 rings (SSSR count). The third kappa shape index (κ3) is 7.18. The molecular formula is C32H37N5O5S. The fraction of sp³-hybridized carbons (Fsp3) is 0.406. The van der Waals surface area contributed by atoms with Crippen LogP contribution in [-0.4, -0.2) is 76.8 Å². The molecule has 1 fully saturated rings. The fourth-order valence-corrected chi connectivity index (χ4v) is 6.04. The number of amides is 2. The summed E-state index contributed by atoms with van der Waals surface area (Å²) in [4.78, 5) is 49.9. The molecule has 0 bridgehead atoms. The maximum absolute atomic E-state index is 14.0. The van der Waals surface area contributed by atoms with Crippen LogP contribution < -0.4 is 11.1 Å². The average Bonchev–Trinajstić information content (AvgIpc) is 3.80. The van der Waals surface area contributed by atoms with Crippen LogP contribution in [0.5, 0.6) is 0 Å². The van der Waals surface area contributed by atoms with Crippen molar-refractivity contribution in [3.8, 4) is 10.6 Å². The molecule has 2 aromatic carbocycles. The molecule has 3 N–H and O–H groups in total. The Hall–Kier alpha value is -3.93. The van der Waals surface area contributed by atoms with E-state index in [0.717, 1.165) is 34.4 Å². The highest BCUT2D eigenvalue weighted by atomic mass is 32.1. The van der Waals surface area contributed by atoms with Crippen molar-refractivity contribution in [2.24, 2.45) is 10.7 Å². The van der Waals surface area contributed by atoms with E-state index in [-0.39, 0.29) is 19.1 Å². The summed E-state index contributed by atoms with van der Waals surface area (Å²) in [6.45, 7) is 4.17. The molecule has 0 aliphatic carbocycles. The molecule has 1 aromatic heterocycles. The number of aldehydes is 1. The molecule has 43 heavy (non-hydrogen) atoms. The lowest BCUT2D eigenvalue weighted by molar-refractivity contribution is -0.141. The van der Waals surface area contributed by atoms with Gasteiger partial charge in [0.2, 0.25) is 17.7 Å². The van der Waals surface area contributed by atoms with Gasteiger partial charge in [-0.2, -0.15) is 0 Å². The molecule has 11 heteroatoms. The largest absolute Gasteiger partial charge is 0.476 e. The Morgan fingerprint density at radius 1 is 1.21 bits per heavy atom. The van der Waals surface area contributed by atoms with Crippen LogP contribution in [0.25, 0.3) is 10.6 Å². The van der Waals surface area contributed by atoms with Crippen molar-refractivity contribution in [1.29, 1.82) is 0 Å². The number of carbonyl (C=O) groups excluding carboxylic acids is 3. The van der Waals surface area contributed by atoms with Crippen LogP contribution >= 0.6 is 11.3 Å². The topological polar surface area (TPSA) is 136 Å². The molecule has 0 saturated carbocycles. The van der Waals surface area contributed by atoms with E-state index in [2.05, 4.69) is 10.3 Å². The van der Waals surface area contributed by atoms with Crippen LogP contribution in [0, 0.1) is 0 Å². The highest BCUT2D eigenvalue weighted by molar-refractivity contribution is 7.13. The number of hydrogen-bond acceptors (Lipinski definition) is 9. The highest BCUT2D eigenvalue weighted by Gasteiger charge is 2.45. The van der Waals surface area contributed by atoms with Crippen molar-refractivity contribution < 1.29 is 23.9 Å². The minimum absolute atomic E-state index is 0.0906. The summed E-state index contributed by atoms with van der Waals surface area (Å²) < 4.78 is 12.1. The van der Waals surface area contributed by atoms with E-state index in [1.54, 1.807) is 36.3 Å². The molecule has 2 amide bonds. The Kier molecular flexibility index (Phi) is 9.64. The van der Waals surface area contributed by atoms with Gasteiger partial charge in [0.05, 0.1) is 18.8 Å². The van der Waals surface area contributed by atoms with Gasteiger partial charge in [-0.1, -0.05) is 48.5 Å². The minimum Gasteiger partial charge on any atom is -0.476 e. The molecular weight excluding hydrogens is 566 g/mol. The summed E-state index contributed by atoms with van der Waals surface area (Å²) in [5.41, 5.74) is 7.60. The van der Waals surface area contributed by atoms with Crippen molar-refractivity contribution in [3.63, 3.8) is 0 Å². The zero-order valence-corrected chi connectivity index (χ0v) is 25.2. The summed E-state index contributed by atoms with van der Waals surface area (Å²) >= 11 is 1.55. The van der Waals surface area contributed by atoms with E-state index in [9.17, 15) is 14.4 Å². The SMILES string of the molecule is CC(N)C(=O)NC(C(=O)N1CCCC1C1=N[C@](C=O)(Cc2cccc(-c3nccs3)c2)CO1)C(C)OCc1ccccc1. The van der Waals surface area contributed by atoms with Gasteiger partial charge >= 0.3 is 0 Å². The summed E-state index contributed by atoms with van der Waals surface area (Å²) in [5.74, 6) is -0.383. The zero-order valence-electron chi connectivity index (χ0n) is 24.3. The lowest BCUT2D eigenvalue weighted by Gasteiger charge is -2.32. The number of benzene rings is 2. The Morgan fingerprint density at radius 2 is 2.00 bits per heavy atom. The van der Waals surface area contributed by atoms with Gasteiger partial charge in [-0.15, -0.1) is 11.3 Å². The summed E-state index contributed by atoms with van der Waals surface area (Å²) in [7, 11) is 0. The number of ether oxygens (including phenoxy) is 2. The predicted octanol–water partition coefficient (Wildman–Crippen LogP) is 3.15. The van der Waals surface area contributed by atoms with Crippen LogP contribution in [0.3, 0.4) is 0 Å². The Morgan fingerprint density at radius 3 is 2.72 bits per heavy atom. The number of hydrogen-bond donors (Lipinski definition) is 2. The lowest BCUT2D eigenvalue weighted by atomic mass is 9.93. The number of nitrogens with one attached hydrogen (secondary N) is 1. The number of rotatable bonds is 12. The average molecular weight is 604 g/mol. The van der Waals surface area contributed by atoms with Gasteiger partial charge in [0.1, 0.15) is 23.7 Å². The van der Waals surface area contributed by atoms with Crippen molar-refractivity contribution in [3.05, 3.63) is 77.3 Å². The fourth-order valence-electron chi connectivity index (χ4n) is 5.41. The van der Waals surface area contributed by atoms with Crippen LogP contribution in [0.15, 0.2) is 71.2 Å². The number of carbonyl (C=O) groups is 3. The van der Waals surface area contributed by atoms with Crippen LogP contribution in [0.1, 0.15) is 37.8 Å². The molecule has 0 radical (unpaired) electrons. The van der Waals surface area contributed by atoms with Gasteiger partial charge in [-0.05, 0) is 43.9 Å². The lowest BCUT2D eigenvalue weighted by Crippen LogP contribution is -2.58. The van der Waals surface area contributed by atoms with Crippen LogP contribution in [0.2, 0.25) is 0 Å². The van der Waals surface area contributed by atoms with Crippen LogP contribution in [-0.2, 0) is 36.9 Å². The smallest absolute Gasteiger partial charge is 0.248 e. The number of thiazole rings is 1. The van der Waals surface area contributed by atoms with Gasteiger partial charge in [0.25, 0.3) is 0 Å². The van der Waals surface area contributed by atoms with Gasteiger partial charge in [-0.3, -0.25) is 9.59 Å². The second-order valence-electron chi connectivity index (χ2n) is 11.1. The molecule has 2 aliphatic heterocycles. The monoisotopic (exact) mass is 603 g/mol. The summed E-state index contributed by atoms with van der Waals surface area (Å²) in [5, 5.41) is 5.62. The first-order valence-corrected chi connectivity index (χ1v) is 15.4. The first-order chi connectivity index (χ1) is 20.8. The van der Waals surface area contributed by atoms with E-state index < -0.39 is 35.7 Å². The van der Waals surface area contributed by atoms with Crippen molar-refractivity contribution in [2.45, 2.75) is 69.5 Å². The molecule has 0 spiro atoms. The molecule has 2 aliphatic rings. The normalized spacial score (nSPS) is 21.9. The molecule has 226 valence electrons. The maximum atomic E-state index is 14.0. The quantitative estimate of drug-likeness (QED) is 0.304. The molecule has 4 unspecified atom stereocenters. The Balaban J connectivity index is 1.33. The van der Waals surface area contributed by atoms with Gasteiger partial charge in [-0.25, -0.2) is 9.98 Å². The minimum atomic E-state index is -1.09. The number of likely N-dealkylation sites (tertiary alicyclic amines) is 1. The zero-order chi connectivity index (χ0) is 30.4. The number of aromatic nitrogens is 1. The van der Waals surface area contributed by atoms with E-state index in [1.165, 1.54) is 0 Å². The second-order valence-corrected chi connectivity index (χ2v) is 12.0.